The van der Waals surface area contributed by atoms with Gasteiger partial charge in [0.15, 0.2) is 5.75 Å². The van der Waals surface area contributed by atoms with Crippen LogP contribution in [0.15, 0.2) is 30.3 Å². The molecule has 0 amide bonds. The normalized spacial score (nSPS) is 12.8. The van der Waals surface area contributed by atoms with Crippen molar-refractivity contribution in [1.29, 1.82) is 0 Å². The summed E-state index contributed by atoms with van der Waals surface area (Å²) in [5, 5.41) is 13.1. The van der Waals surface area contributed by atoms with Gasteiger partial charge in [0.05, 0.1) is 6.61 Å². The Labute approximate surface area is 178 Å². The number of phosphoric acid groups is 1. The van der Waals surface area contributed by atoms with E-state index in [2.05, 4.69) is 26.6 Å². The molecule has 0 radical (unpaired) electrons. The molecule has 0 bridgehead atoms. The van der Waals surface area contributed by atoms with Crippen LogP contribution in [0.5, 0.6) is 5.75 Å². The standard InChI is InChI=1S/C20H35O9P/c1-2-3-4-5-6-7-8-9-10-12-17-20(18-24-30(21,22)23)26-28-29-27-25-19-15-13-11-14-16-19/h11,13-16,20H,2-10,12,17-18H2,1H3,(H2,21,22,23). The molecule has 30 heavy (non-hydrogen) atoms. The number of hydrogen-bond donors (Lipinski definition) is 2. The fraction of sp³-hybridized carbons (Fsp3) is 0.700. The Hall–Kier alpha value is -1.03. The lowest BCUT2D eigenvalue weighted by Crippen LogP contribution is -2.20. The smallest absolute Gasteiger partial charge is 0.306 e. The molecule has 9 nitrogen and oxygen atoms in total. The van der Waals surface area contributed by atoms with Gasteiger partial charge in [-0.1, -0.05) is 89.3 Å². The second-order valence-corrected chi connectivity index (χ2v) is 8.32. The van der Waals surface area contributed by atoms with E-state index in [9.17, 15) is 4.57 Å². The molecule has 0 fully saturated rings. The monoisotopic (exact) mass is 450 g/mol. The number of unbranched alkanes of at least 4 members (excludes halogenated alkanes) is 9. The fourth-order valence-electron chi connectivity index (χ4n) is 2.81. The second kappa shape index (κ2) is 17.6. The predicted molar refractivity (Wildman–Crippen MR) is 110 cm³/mol. The van der Waals surface area contributed by atoms with Crippen molar-refractivity contribution in [2.45, 2.75) is 83.7 Å². The Balaban J connectivity index is 2.13. The zero-order valence-electron chi connectivity index (χ0n) is 17.6. The lowest BCUT2D eigenvalue weighted by atomic mass is 10.0. The van der Waals surface area contributed by atoms with Crippen LogP contribution in [0, 0.1) is 0 Å². The van der Waals surface area contributed by atoms with Gasteiger partial charge in [0, 0.05) is 10.1 Å². The quantitative estimate of drug-likeness (QED) is 0.114. The number of rotatable bonds is 20. The topological polar surface area (TPSA) is 113 Å². The molecule has 1 unspecified atom stereocenters. The number of phosphoric ester groups is 1. The largest absolute Gasteiger partial charge is 0.469 e. The van der Waals surface area contributed by atoms with E-state index in [1.54, 1.807) is 24.3 Å². The van der Waals surface area contributed by atoms with Crippen molar-refractivity contribution in [2.75, 3.05) is 6.61 Å². The Bertz CT molecular complexity index is 552. The lowest BCUT2D eigenvalue weighted by Gasteiger charge is -2.15. The van der Waals surface area contributed by atoms with E-state index in [0.717, 1.165) is 19.3 Å². The van der Waals surface area contributed by atoms with E-state index in [1.807, 2.05) is 6.07 Å². The molecule has 174 valence electrons. The van der Waals surface area contributed by atoms with Crippen LogP contribution in [0.3, 0.4) is 0 Å². The maximum absolute atomic E-state index is 10.9. The van der Waals surface area contributed by atoms with Crippen molar-refractivity contribution in [3.63, 3.8) is 0 Å². The molecule has 1 rings (SSSR count). The van der Waals surface area contributed by atoms with Crippen LogP contribution in [0.25, 0.3) is 0 Å². The molecular formula is C20H35O9P. The van der Waals surface area contributed by atoms with Gasteiger partial charge >= 0.3 is 7.82 Å². The molecular weight excluding hydrogens is 415 g/mol. The maximum atomic E-state index is 10.9. The van der Waals surface area contributed by atoms with Crippen molar-refractivity contribution in [3.8, 4) is 5.75 Å². The van der Waals surface area contributed by atoms with Crippen molar-refractivity contribution >= 4 is 7.82 Å². The Morgan fingerprint density at radius 1 is 0.833 bits per heavy atom. The molecule has 1 atom stereocenters. The third kappa shape index (κ3) is 16.7. The highest BCUT2D eigenvalue weighted by molar-refractivity contribution is 7.46. The van der Waals surface area contributed by atoms with Crippen LogP contribution < -0.4 is 4.89 Å². The summed E-state index contributed by atoms with van der Waals surface area (Å²) in [5.41, 5.74) is 0. The second-order valence-electron chi connectivity index (χ2n) is 7.08. The van der Waals surface area contributed by atoms with Gasteiger partial charge in [-0.05, 0) is 23.6 Å². The average Bonchev–Trinajstić information content (AvgIpc) is 2.72. The molecule has 0 aromatic heterocycles. The fourth-order valence-corrected chi connectivity index (χ4v) is 3.17. The zero-order valence-corrected chi connectivity index (χ0v) is 18.5. The van der Waals surface area contributed by atoms with Gasteiger partial charge in [-0.2, -0.15) is 4.89 Å². The molecule has 0 aliphatic rings. The van der Waals surface area contributed by atoms with Gasteiger partial charge in [0.25, 0.3) is 0 Å². The van der Waals surface area contributed by atoms with Crippen LogP contribution in [0.4, 0.5) is 0 Å². The summed E-state index contributed by atoms with van der Waals surface area (Å²) in [6.45, 7) is 1.87. The van der Waals surface area contributed by atoms with Crippen LogP contribution in [-0.4, -0.2) is 22.5 Å². The van der Waals surface area contributed by atoms with Crippen molar-refractivity contribution in [1.82, 2.24) is 0 Å². The van der Waals surface area contributed by atoms with E-state index in [-0.39, 0.29) is 6.61 Å². The third-order valence-electron chi connectivity index (χ3n) is 4.41. The first kappa shape index (κ1) is 27.0. The summed E-state index contributed by atoms with van der Waals surface area (Å²) in [6.07, 6.45) is 11.5. The minimum absolute atomic E-state index is 0.343. The highest BCUT2D eigenvalue weighted by Gasteiger charge is 2.20. The Kier molecular flexibility index (Phi) is 15.9. The number of para-hydroxylation sites is 1. The molecule has 2 N–H and O–H groups in total. The maximum Gasteiger partial charge on any atom is 0.469 e. The van der Waals surface area contributed by atoms with E-state index in [1.165, 1.54) is 44.9 Å². The minimum Gasteiger partial charge on any atom is -0.306 e. The van der Waals surface area contributed by atoms with Gasteiger partial charge in [0.2, 0.25) is 0 Å². The van der Waals surface area contributed by atoms with Crippen LogP contribution in [0.1, 0.15) is 77.6 Å². The Morgan fingerprint density at radius 3 is 2.03 bits per heavy atom. The molecule has 0 heterocycles. The molecule has 10 heteroatoms. The molecule has 0 aliphatic carbocycles. The van der Waals surface area contributed by atoms with Crippen LogP contribution >= 0.6 is 7.82 Å². The predicted octanol–water partition coefficient (Wildman–Crippen LogP) is 5.58. The van der Waals surface area contributed by atoms with Crippen molar-refractivity contribution < 1.29 is 43.8 Å². The summed E-state index contributed by atoms with van der Waals surface area (Å²) in [6, 6.07) is 8.60. The van der Waals surface area contributed by atoms with Gasteiger partial charge < -0.3 is 14.7 Å². The summed E-state index contributed by atoms with van der Waals surface area (Å²) in [4.78, 5) is 27.5. The van der Waals surface area contributed by atoms with Gasteiger partial charge in [-0.25, -0.2) is 4.57 Å². The van der Waals surface area contributed by atoms with Crippen LogP contribution in [-0.2, 0) is 29.1 Å². The number of hydrogen-bond acceptors (Lipinski definition) is 7. The summed E-state index contributed by atoms with van der Waals surface area (Å²) < 4.78 is 15.4. The highest BCUT2D eigenvalue weighted by atomic mass is 31.2. The van der Waals surface area contributed by atoms with E-state index >= 15 is 0 Å². The molecule has 1 aromatic rings. The first-order valence-electron chi connectivity index (χ1n) is 10.6. The molecule has 0 spiro atoms. The molecule has 0 saturated carbocycles. The average molecular weight is 450 g/mol. The first-order chi connectivity index (χ1) is 14.5. The Morgan fingerprint density at radius 2 is 1.43 bits per heavy atom. The van der Waals surface area contributed by atoms with Crippen molar-refractivity contribution in [3.05, 3.63) is 30.3 Å². The molecule has 0 aliphatic heterocycles. The van der Waals surface area contributed by atoms with Gasteiger partial charge in [-0.15, -0.1) is 0 Å². The lowest BCUT2D eigenvalue weighted by molar-refractivity contribution is -0.696. The summed E-state index contributed by atoms with van der Waals surface area (Å²) in [7, 11) is -4.60. The molecule has 1 aromatic carbocycles. The summed E-state index contributed by atoms with van der Waals surface area (Å²) >= 11 is 0. The van der Waals surface area contributed by atoms with E-state index in [0.29, 0.717) is 12.2 Å². The SMILES string of the molecule is CCCCCCCCCCCCC(COP(=O)(O)O)OOOOOc1ccccc1. The van der Waals surface area contributed by atoms with Gasteiger partial charge in [-0.3, -0.25) is 4.52 Å². The summed E-state index contributed by atoms with van der Waals surface area (Å²) in [5.74, 6) is 0.396. The van der Waals surface area contributed by atoms with E-state index in [4.69, 9.17) is 19.6 Å². The van der Waals surface area contributed by atoms with Gasteiger partial charge in [0.1, 0.15) is 6.10 Å². The van der Waals surface area contributed by atoms with E-state index < -0.39 is 13.9 Å². The minimum atomic E-state index is -4.60. The third-order valence-corrected chi connectivity index (χ3v) is 4.90. The highest BCUT2D eigenvalue weighted by Crippen LogP contribution is 2.36. The van der Waals surface area contributed by atoms with Crippen molar-refractivity contribution in [2.24, 2.45) is 0 Å². The zero-order chi connectivity index (χ0) is 21.9. The molecule has 0 saturated heterocycles. The van der Waals surface area contributed by atoms with Crippen LogP contribution in [0.2, 0.25) is 0 Å². The number of benzene rings is 1. The first-order valence-corrected chi connectivity index (χ1v) is 12.1.